The van der Waals surface area contributed by atoms with Crippen molar-refractivity contribution in [3.63, 3.8) is 0 Å². The van der Waals surface area contributed by atoms with Crippen LogP contribution in [0.1, 0.15) is 24.8 Å². The molecule has 2 aliphatic rings. The van der Waals surface area contributed by atoms with Crippen molar-refractivity contribution in [3.8, 4) is 0 Å². The van der Waals surface area contributed by atoms with Gasteiger partial charge in [-0.1, -0.05) is 0 Å². The van der Waals surface area contributed by atoms with Gasteiger partial charge in [0.05, 0.1) is 12.8 Å². The van der Waals surface area contributed by atoms with Crippen molar-refractivity contribution in [1.82, 2.24) is 14.5 Å². The first-order valence-corrected chi connectivity index (χ1v) is 7.22. The molecule has 0 radical (unpaired) electrons. The Morgan fingerprint density at radius 2 is 2.35 bits per heavy atom. The second kappa shape index (κ2) is 3.79. The number of hydrogen-bond donors (Lipinski definition) is 2. The lowest BCUT2D eigenvalue weighted by molar-refractivity contribution is 0.277. The summed E-state index contributed by atoms with van der Waals surface area (Å²) in [7, 11) is -3.51. The fourth-order valence-electron chi connectivity index (χ4n) is 2.93. The molecule has 1 saturated carbocycles. The molecule has 2 bridgehead atoms. The van der Waals surface area contributed by atoms with Crippen LogP contribution in [0.4, 0.5) is 0 Å². The molecule has 1 aliphatic heterocycles. The van der Waals surface area contributed by atoms with E-state index in [0.29, 0.717) is 18.0 Å². The standard InChI is InChI=1S/C10H15N3O3S/c14-6-8-4-11-12-10(8)17(15,16)13-5-7-1-2-9(13)3-7/h4,7,9,14H,1-3,5-6H2,(H,11,12). The van der Waals surface area contributed by atoms with Crippen LogP contribution in [-0.4, -0.2) is 40.6 Å². The molecule has 2 N–H and O–H groups in total. The second-order valence-electron chi connectivity index (χ2n) is 4.79. The highest BCUT2D eigenvalue weighted by Gasteiger charge is 2.45. The quantitative estimate of drug-likeness (QED) is 0.802. The van der Waals surface area contributed by atoms with E-state index < -0.39 is 10.0 Å². The molecule has 0 aromatic carbocycles. The third kappa shape index (κ3) is 1.61. The maximum atomic E-state index is 12.4. The molecule has 1 aromatic rings. The third-order valence-corrected chi connectivity index (χ3v) is 5.71. The van der Waals surface area contributed by atoms with Crippen molar-refractivity contribution in [2.45, 2.75) is 36.9 Å². The first-order chi connectivity index (χ1) is 8.13. The topological polar surface area (TPSA) is 86.3 Å². The van der Waals surface area contributed by atoms with Crippen LogP contribution in [0.25, 0.3) is 0 Å². The van der Waals surface area contributed by atoms with Gasteiger partial charge < -0.3 is 5.11 Å². The molecule has 1 aromatic heterocycles. The zero-order valence-electron chi connectivity index (χ0n) is 9.33. The highest BCUT2D eigenvalue weighted by Crippen LogP contribution is 2.40. The Balaban J connectivity index is 1.96. The van der Waals surface area contributed by atoms with Crippen LogP contribution in [0, 0.1) is 5.92 Å². The number of aliphatic hydroxyl groups is 1. The third-order valence-electron chi connectivity index (χ3n) is 3.77. The molecule has 2 atom stereocenters. The summed E-state index contributed by atoms with van der Waals surface area (Å²) in [6.07, 6.45) is 4.42. The Hall–Kier alpha value is -0.920. The minimum atomic E-state index is -3.51. The number of aromatic nitrogens is 2. The first kappa shape index (κ1) is 11.2. The highest BCUT2D eigenvalue weighted by molar-refractivity contribution is 7.89. The lowest BCUT2D eigenvalue weighted by atomic mass is 10.1. The highest BCUT2D eigenvalue weighted by atomic mass is 32.2. The van der Waals surface area contributed by atoms with Crippen molar-refractivity contribution in [1.29, 1.82) is 0 Å². The molecular formula is C10H15N3O3S. The molecule has 6 nitrogen and oxygen atoms in total. The van der Waals surface area contributed by atoms with Crippen molar-refractivity contribution in [2.75, 3.05) is 6.54 Å². The van der Waals surface area contributed by atoms with Crippen LogP contribution in [0.5, 0.6) is 0 Å². The van der Waals surface area contributed by atoms with Crippen LogP contribution in [0.15, 0.2) is 11.2 Å². The van der Waals surface area contributed by atoms with E-state index in [1.807, 2.05) is 0 Å². The minimum absolute atomic E-state index is 0.0487. The van der Waals surface area contributed by atoms with Crippen LogP contribution in [-0.2, 0) is 16.6 Å². The molecular weight excluding hydrogens is 242 g/mol. The molecule has 7 heteroatoms. The summed E-state index contributed by atoms with van der Waals surface area (Å²) in [4.78, 5) is 0. The normalized spacial score (nSPS) is 29.0. The smallest absolute Gasteiger partial charge is 0.260 e. The van der Waals surface area contributed by atoms with Gasteiger partial charge in [-0.25, -0.2) is 8.42 Å². The summed E-state index contributed by atoms with van der Waals surface area (Å²) >= 11 is 0. The van der Waals surface area contributed by atoms with E-state index in [9.17, 15) is 8.42 Å². The zero-order chi connectivity index (χ0) is 12.0. The molecule has 17 heavy (non-hydrogen) atoms. The van der Waals surface area contributed by atoms with E-state index in [0.717, 1.165) is 19.3 Å². The summed E-state index contributed by atoms with van der Waals surface area (Å²) in [5.41, 5.74) is 0.341. The van der Waals surface area contributed by atoms with Gasteiger partial charge in [-0.05, 0) is 25.2 Å². The maximum Gasteiger partial charge on any atom is 0.260 e. The van der Waals surface area contributed by atoms with Crippen LogP contribution in [0.2, 0.25) is 0 Å². The van der Waals surface area contributed by atoms with Gasteiger partial charge in [0.2, 0.25) is 0 Å². The number of sulfonamides is 1. The van der Waals surface area contributed by atoms with Gasteiger partial charge in [0.25, 0.3) is 10.0 Å². The van der Waals surface area contributed by atoms with Gasteiger partial charge in [-0.3, -0.25) is 5.10 Å². The Kier molecular flexibility index (Phi) is 2.49. The molecule has 0 spiro atoms. The van der Waals surface area contributed by atoms with Gasteiger partial charge in [-0.2, -0.15) is 9.40 Å². The van der Waals surface area contributed by atoms with Crippen molar-refractivity contribution < 1.29 is 13.5 Å². The van der Waals surface area contributed by atoms with E-state index in [4.69, 9.17) is 5.11 Å². The zero-order valence-corrected chi connectivity index (χ0v) is 10.2. The van der Waals surface area contributed by atoms with Crippen LogP contribution in [0.3, 0.4) is 0 Å². The predicted octanol–water partition coefficient (Wildman–Crippen LogP) is 0.0750. The van der Waals surface area contributed by atoms with Gasteiger partial charge in [0.1, 0.15) is 0 Å². The lowest BCUT2D eigenvalue weighted by Gasteiger charge is -2.25. The van der Waals surface area contributed by atoms with Crippen molar-refractivity contribution in [3.05, 3.63) is 11.8 Å². The minimum Gasteiger partial charge on any atom is -0.392 e. The molecule has 94 valence electrons. The Morgan fingerprint density at radius 1 is 1.53 bits per heavy atom. The fourth-order valence-corrected chi connectivity index (χ4v) is 4.77. The number of H-pyrrole nitrogens is 1. The number of aliphatic hydroxyl groups excluding tert-OH is 1. The molecule has 2 unspecified atom stereocenters. The Bertz CT molecular complexity index is 525. The molecule has 3 rings (SSSR count). The van der Waals surface area contributed by atoms with E-state index in [1.165, 1.54) is 6.20 Å². The second-order valence-corrected chi connectivity index (χ2v) is 6.62. The average Bonchev–Trinajstić information content (AvgIpc) is 3.04. The molecule has 1 aliphatic carbocycles. The Labute approximate surface area is 99.7 Å². The predicted molar refractivity (Wildman–Crippen MR) is 59.5 cm³/mol. The lowest BCUT2D eigenvalue weighted by Crippen LogP contribution is -2.38. The molecule has 1 saturated heterocycles. The summed E-state index contributed by atoms with van der Waals surface area (Å²) in [5, 5.41) is 15.3. The number of nitrogens with one attached hydrogen (secondary N) is 1. The number of rotatable bonds is 3. The van der Waals surface area contributed by atoms with Crippen molar-refractivity contribution in [2.24, 2.45) is 5.92 Å². The van der Waals surface area contributed by atoms with E-state index in [2.05, 4.69) is 10.2 Å². The van der Waals surface area contributed by atoms with Gasteiger partial charge >= 0.3 is 0 Å². The van der Waals surface area contributed by atoms with Crippen LogP contribution < -0.4 is 0 Å². The average molecular weight is 257 g/mol. The number of piperidine rings is 1. The molecule has 2 heterocycles. The Morgan fingerprint density at radius 3 is 2.94 bits per heavy atom. The summed E-state index contributed by atoms with van der Waals surface area (Å²) < 4.78 is 26.4. The monoisotopic (exact) mass is 257 g/mol. The number of nitrogens with zero attached hydrogens (tertiary/aromatic N) is 2. The molecule has 0 amide bonds. The van der Waals surface area contributed by atoms with E-state index >= 15 is 0 Å². The summed E-state index contributed by atoms with van der Waals surface area (Å²) in [6.45, 7) is 0.296. The SMILES string of the molecule is O=S(=O)(c1[nH]ncc1CO)N1CC2CCC1C2. The first-order valence-electron chi connectivity index (χ1n) is 5.78. The van der Waals surface area contributed by atoms with Gasteiger partial charge in [-0.15, -0.1) is 0 Å². The molecule has 2 fully saturated rings. The number of aromatic amines is 1. The van der Waals surface area contributed by atoms with E-state index in [1.54, 1.807) is 4.31 Å². The summed E-state index contributed by atoms with van der Waals surface area (Å²) in [6, 6.07) is 0.139. The van der Waals surface area contributed by atoms with E-state index in [-0.39, 0.29) is 17.7 Å². The number of fused-ring (bicyclic) bond motifs is 2. The maximum absolute atomic E-state index is 12.4. The van der Waals surface area contributed by atoms with Crippen LogP contribution >= 0.6 is 0 Å². The summed E-state index contributed by atoms with van der Waals surface area (Å²) in [5.74, 6) is 0.510. The van der Waals surface area contributed by atoms with Crippen molar-refractivity contribution >= 4 is 10.0 Å². The van der Waals surface area contributed by atoms with Gasteiger partial charge in [0.15, 0.2) is 5.03 Å². The number of hydrogen-bond acceptors (Lipinski definition) is 4. The largest absolute Gasteiger partial charge is 0.392 e. The van der Waals surface area contributed by atoms with Gasteiger partial charge in [0, 0.05) is 18.2 Å². The fraction of sp³-hybridized carbons (Fsp3) is 0.700.